The van der Waals surface area contributed by atoms with Gasteiger partial charge in [0.05, 0.1) is 18.0 Å². The summed E-state index contributed by atoms with van der Waals surface area (Å²) in [6.07, 6.45) is 0. The van der Waals surface area contributed by atoms with Gasteiger partial charge in [-0.1, -0.05) is 11.3 Å². The van der Waals surface area contributed by atoms with Crippen molar-refractivity contribution in [3.8, 4) is 17.0 Å². The van der Waals surface area contributed by atoms with E-state index in [1.807, 2.05) is 30.1 Å². The van der Waals surface area contributed by atoms with Gasteiger partial charge >= 0.3 is 4.87 Å². The minimum Gasteiger partial charge on any atom is -0.482 e. The molecule has 1 aliphatic heterocycles. The number of aromatic amines is 1. The largest absolute Gasteiger partial charge is 0.482 e. The quantitative estimate of drug-likeness (QED) is 0.837. The van der Waals surface area contributed by atoms with E-state index in [1.54, 1.807) is 11.9 Å². The van der Waals surface area contributed by atoms with Gasteiger partial charge in [-0.2, -0.15) is 0 Å². The number of amides is 1. The van der Waals surface area contributed by atoms with Gasteiger partial charge < -0.3 is 19.7 Å². The number of fused-ring (bicyclic) bond motifs is 1. The number of nitrogens with zero attached hydrogens (tertiary/aromatic N) is 2. The van der Waals surface area contributed by atoms with Crippen molar-refractivity contribution in [2.45, 2.75) is 6.54 Å². The normalized spacial score (nSPS) is 14.0. The molecule has 1 amide bonds. The van der Waals surface area contributed by atoms with Crippen molar-refractivity contribution in [2.75, 3.05) is 38.8 Å². The number of hydrogen-bond donors (Lipinski definition) is 2. The van der Waals surface area contributed by atoms with Crippen molar-refractivity contribution in [1.82, 2.24) is 9.88 Å². The Labute approximate surface area is 143 Å². The fraction of sp³-hybridized carbons (Fsp3) is 0.375. The van der Waals surface area contributed by atoms with Crippen molar-refractivity contribution in [1.29, 1.82) is 0 Å². The van der Waals surface area contributed by atoms with Gasteiger partial charge in [-0.15, -0.1) is 0 Å². The molecule has 8 heteroatoms. The Morgan fingerprint density at radius 3 is 2.96 bits per heavy atom. The fourth-order valence-electron chi connectivity index (χ4n) is 2.63. The third kappa shape index (κ3) is 3.21. The van der Waals surface area contributed by atoms with Crippen LogP contribution in [0, 0.1) is 0 Å². The standard InChI is InChI=1S/C16H19N3O4S/c1-18(5-6-20)8-13-15(17-16(22)24-13)10-3-4-12-11(7-10)19(2)14(21)9-23-12/h3-4,7,20H,5-6,8-9H2,1-2H3,(H,17,22). The summed E-state index contributed by atoms with van der Waals surface area (Å²) < 4.78 is 5.43. The van der Waals surface area contributed by atoms with E-state index >= 15 is 0 Å². The van der Waals surface area contributed by atoms with Crippen molar-refractivity contribution in [3.05, 3.63) is 32.7 Å². The number of thiazole rings is 1. The molecule has 7 nitrogen and oxygen atoms in total. The van der Waals surface area contributed by atoms with Crippen LogP contribution in [0.2, 0.25) is 0 Å². The summed E-state index contributed by atoms with van der Waals surface area (Å²) in [4.78, 5) is 30.8. The lowest BCUT2D eigenvalue weighted by Crippen LogP contribution is -2.35. The maximum Gasteiger partial charge on any atom is 0.305 e. The zero-order chi connectivity index (χ0) is 17.3. The van der Waals surface area contributed by atoms with E-state index in [-0.39, 0.29) is 24.0 Å². The summed E-state index contributed by atoms with van der Waals surface area (Å²) in [6, 6.07) is 5.53. The molecular weight excluding hydrogens is 330 g/mol. The lowest BCUT2D eigenvalue weighted by molar-refractivity contribution is -0.120. The molecule has 1 aliphatic rings. The number of anilines is 1. The second kappa shape index (κ2) is 6.76. The molecule has 0 atom stereocenters. The lowest BCUT2D eigenvalue weighted by Gasteiger charge is -2.26. The van der Waals surface area contributed by atoms with Gasteiger partial charge in [-0.3, -0.25) is 14.5 Å². The highest BCUT2D eigenvalue weighted by atomic mass is 32.1. The number of carbonyl (C=O) groups is 1. The van der Waals surface area contributed by atoms with Gasteiger partial charge in [0.1, 0.15) is 5.75 Å². The molecule has 0 unspecified atom stereocenters. The lowest BCUT2D eigenvalue weighted by atomic mass is 10.1. The van der Waals surface area contributed by atoms with Gasteiger partial charge in [0.2, 0.25) is 0 Å². The summed E-state index contributed by atoms with van der Waals surface area (Å²) in [5, 5.41) is 9.03. The van der Waals surface area contributed by atoms with Crippen molar-refractivity contribution < 1.29 is 14.6 Å². The Bertz CT molecular complexity index is 814. The number of hydrogen-bond acceptors (Lipinski definition) is 6. The Kier molecular flexibility index (Phi) is 4.70. The number of ether oxygens (including phenoxy) is 1. The summed E-state index contributed by atoms with van der Waals surface area (Å²) >= 11 is 1.16. The average molecular weight is 349 g/mol. The maximum absolute atomic E-state index is 11.8. The van der Waals surface area contributed by atoms with Crippen LogP contribution in [0.15, 0.2) is 23.0 Å². The topological polar surface area (TPSA) is 85.9 Å². The molecule has 0 saturated heterocycles. The first-order valence-corrected chi connectivity index (χ1v) is 8.36. The average Bonchev–Trinajstić information content (AvgIpc) is 2.91. The fourth-order valence-corrected chi connectivity index (χ4v) is 3.56. The number of carbonyl (C=O) groups excluding carboxylic acids is 1. The summed E-state index contributed by atoms with van der Waals surface area (Å²) in [5.41, 5.74) is 2.25. The highest BCUT2D eigenvalue weighted by Gasteiger charge is 2.23. The van der Waals surface area contributed by atoms with Crippen LogP contribution >= 0.6 is 11.3 Å². The number of likely N-dealkylation sites (N-methyl/N-ethyl adjacent to an activating group) is 2. The molecule has 2 N–H and O–H groups in total. The van der Waals surface area contributed by atoms with Crippen LogP contribution < -0.4 is 14.5 Å². The molecule has 128 valence electrons. The zero-order valence-electron chi connectivity index (χ0n) is 13.5. The second-order valence-corrected chi connectivity index (χ2v) is 6.77. The monoisotopic (exact) mass is 349 g/mol. The maximum atomic E-state index is 11.8. The van der Waals surface area contributed by atoms with E-state index in [9.17, 15) is 9.59 Å². The number of rotatable bonds is 5. The molecule has 2 heterocycles. The first-order chi connectivity index (χ1) is 11.5. The Morgan fingerprint density at radius 2 is 2.21 bits per heavy atom. The number of aromatic nitrogens is 1. The Hall–Kier alpha value is -2.16. The number of benzene rings is 1. The molecule has 1 aromatic carbocycles. The number of aliphatic hydroxyl groups excluding tert-OH is 1. The van der Waals surface area contributed by atoms with Gasteiger partial charge in [0.25, 0.3) is 5.91 Å². The van der Waals surface area contributed by atoms with Crippen molar-refractivity contribution in [3.63, 3.8) is 0 Å². The predicted molar refractivity (Wildman–Crippen MR) is 92.7 cm³/mol. The first-order valence-electron chi connectivity index (χ1n) is 7.54. The van der Waals surface area contributed by atoms with Crippen LogP contribution in [0.1, 0.15) is 4.88 Å². The van der Waals surface area contributed by atoms with E-state index in [1.165, 1.54) is 0 Å². The van der Waals surface area contributed by atoms with Gasteiger partial charge in [-0.05, 0) is 25.2 Å². The summed E-state index contributed by atoms with van der Waals surface area (Å²) in [7, 11) is 3.59. The number of aliphatic hydroxyl groups is 1. The van der Waals surface area contributed by atoms with Crippen LogP contribution in [-0.4, -0.2) is 54.8 Å². The molecule has 0 spiro atoms. The molecule has 0 fully saturated rings. The van der Waals surface area contributed by atoms with Gasteiger partial charge in [0, 0.05) is 30.6 Å². The first kappa shape index (κ1) is 16.7. The Balaban J connectivity index is 1.98. The van der Waals surface area contributed by atoms with Crippen LogP contribution in [0.25, 0.3) is 11.3 Å². The summed E-state index contributed by atoms with van der Waals surface area (Å²) in [5.74, 6) is 0.540. The highest BCUT2D eigenvalue weighted by molar-refractivity contribution is 7.09. The van der Waals surface area contributed by atoms with Gasteiger partial charge in [0.15, 0.2) is 6.61 Å². The third-order valence-corrected chi connectivity index (χ3v) is 4.82. The van der Waals surface area contributed by atoms with Gasteiger partial charge in [-0.25, -0.2) is 0 Å². The predicted octanol–water partition coefficient (Wildman–Crippen LogP) is 0.883. The van der Waals surface area contributed by atoms with E-state index in [0.717, 1.165) is 27.5 Å². The molecule has 0 radical (unpaired) electrons. The SMILES string of the molecule is CN(CCO)Cc1sc(=O)[nH]c1-c1ccc2c(c1)N(C)C(=O)CO2. The summed E-state index contributed by atoms with van der Waals surface area (Å²) in [6.45, 7) is 1.19. The second-order valence-electron chi connectivity index (χ2n) is 5.70. The minimum atomic E-state index is -0.129. The van der Waals surface area contributed by atoms with E-state index < -0.39 is 0 Å². The van der Waals surface area contributed by atoms with Crippen LogP contribution in [0.3, 0.4) is 0 Å². The molecule has 24 heavy (non-hydrogen) atoms. The van der Waals surface area contributed by atoms with E-state index in [2.05, 4.69) is 4.98 Å². The molecule has 0 saturated carbocycles. The highest BCUT2D eigenvalue weighted by Crippen LogP contribution is 2.36. The van der Waals surface area contributed by atoms with Crippen LogP contribution in [0.4, 0.5) is 5.69 Å². The smallest absolute Gasteiger partial charge is 0.305 e. The van der Waals surface area contributed by atoms with Crippen molar-refractivity contribution >= 4 is 22.9 Å². The molecule has 3 rings (SSSR count). The number of nitrogens with one attached hydrogen (secondary N) is 1. The Morgan fingerprint density at radius 1 is 1.42 bits per heavy atom. The zero-order valence-corrected chi connectivity index (χ0v) is 14.4. The third-order valence-electron chi connectivity index (χ3n) is 3.95. The minimum absolute atomic E-state index is 0.0370. The molecule has 2 aromatic rings. The van der Waals surface area contributed by atoms with E-state index in [4.69, 9.17) is 9.84 Å². The van der Waals surface area contributed by atoms with E-state index in [0.29, 0.717) is 24.5 Å². The van der Waals surface area contributed by atoms with Crippen molar-refractivity contribution in [2.24, 2.45) is 0 Å². The van der Waals surface area contributed by atoms with Crippen LogP contribution in [0.5, 0.6) is 5.75 Å². The molecular formula is C16H19N3O4S. The molecule has 0 bridgehead atoms. The molecule has 1 aromatic heterocycles. The van der Waals surface area contributed by atoms with Crippen LogP contribution in [-0.2, 0) is 11.3 Å². The number of H-pyrrole nitrogens is 1. The molecule has 0 aliphatic carbocycles.